The van der Waals surface area contributed by atoms with E-state index in [4.69, 9.17) is 4.74 Å². The minimum absolute atomic E-state index is 0.00851. The van der Waals surface area contributed by atoms with Gasteiger partial charge in [0.25, 0.3) is 5.91 Å². The summed E-state index contributed by atoms with van der Waals surface area (Å²) in [5.41, 5.74) is 1.34. The lowest BCUT2D eigenvalue weighted by atomic mass is 10.1. The van der Waals surface area contributed by atoms with E-state index in [1.54, 1.807) is 6.92 Å². The summed E-state index contributed by atoms with van der Waals surface area (Å²) >= 11 is 0. The Kier molecular flexibility index (Phi) is 5.94. The number of ether oxygens (including phenoxy) is 1. The highest BCUT2D eigenvalue weighted by molar-refractivity contribution is 7.91. The summed E-state index contributed by atoms with van der Waals surface area (Å²) in [6.07, 6.45) is 0.480. The summed E-state index contributed by atoms with van der Waals surface area (Å²) in [4.78, 5) is 27.5. The SMILES string of the molecule is CCc1[nH]c(C(=O)Nc2cc(S(=O)(=O)CC)ccc2O)c(C)c1C(=O)OC. The van der Waals surface area contributed by atoms with Gasteiger partial charge in [-0.25, -0.2) is 13.2 Å². The first-order valence-electron chi connectivity index (χ1n) is 8.33. The fourth-order valence-electron chi connectivity index (χ4n) is 2.69. The van der Waals surface area contributed by atoms with Gasteiger partial charge in [-0.3, -0.25) is 4.79 Å². The second kappa shape index (κ2) is 7.83. The van der Waals surface area contributed by atoms with Crippen molar-refractivity contribution in [3.8, 4) is 5.75 Å². The number of aryl methyl sites for hydroxylation is 1. The number of hydrogen-bond acceptors (Lipinski definition) is 6. The van der Waals surface area contributed by atoms with Crippen LogP contribution in [0.15, 0.2) is 23.1 Å². The van der Waals surface area contributed by atoms with E-state index in [1.807, 2.05) is 6.92 Å². The molecule has 1 amide bonds. The normalized spacial score (nSPS) is 11.3. The van der Waals surface area contributed by atoms with Crippen molar-refractivity contribution in [2.24, 2.45) is 0 Å². The number of esters is 1. The number of phenols is 1. The van der Waals surface area contributed by atoms with Gasteiger partial charge < -0.3 is 20.1 Å². The fraction of sp³-hybridized carbons (Fsp3) is 0.333. The first kappa shape index (κ1) is 20.5. The number of sulfone groups is 1. The van der Waals surface area contributed by atoms with Crippen molar-refractivity contribution in [2.45, 2.75) is 32.1 Å². The number of amides is 1. The smallest absolute Gasteiger partial charge is 0.339 e. The quantitative estimate of drug-likeness (QED) is 0.510. The molecule has 0 saturated carbocycles. The molecule has 0 unspecified atom stereocenters. The summed E-state index contributed by atoms with van der Waals surface area (Å²) in [7, 11) is -2.24. The topological polar surface area (TPSA) is 126 Å². The third-order valence-corrected chi connectivity index (χ3v) is 5.99. The zero-order valence-electron chi connectivity index (χ0n) is 15.5. The lowest BCUT2D eigenvalue weighted by molar-refractivity contribution is 0.0599. The molecule has 0 aliphatic rings. The van der Waals surface area contributed by atoms with Crippen LogP contribution in [-0.2, 0) is 21.0 Å². The van der Waals surface area contributed by atoms with Crippen molar-refractivity contribution in [1.29, 1.82) is 0 Å². The van der Waals surface area contributed by atoms with E-state index < -0.39 is 21.7 Å². The maximum Gasteiger partial charge on any atom is 0.339 e. The van der Waals surface area contributed by atoms with Gasteiger partial charge in [-0.05, 0) is 37.1 Å². The highest BCUT2D eigenvalue weighted by Crippen LogP contribution is 2.28. The van der Waals surface area contributed by atoms with Crippen LogP contribution in [0.3, 0.4) is 0 Å². The maximum absolute atomic E-state index is 12.7. The van der Waals surface area contributed by atoms with Crippen molar-refractivity contribution in [2.75, 3.05) is 18.2 Å². The fourth-order valence-corrected chi connectivity index (χ4v) is 3.60. The van der Waals surface area contributed by atoms with Gasteiger partial charge >= 0.3 is 5.97 Å². The van der Waals surface area contributed by atoms with Gasteiger partial charge in [0.05, 0.1) is 29.0 Å². The summed E-state index contributed by atoms with van der Waals surface area (Å²) in [6, 6.07) is 3.68. The molecule has 0 saturated heterocycles. The van der Waals surface area contributed by atoms with E-state index in [1.165, 1.54) is 32.2 Å². The Bertz CT molecular complexity index is 992. The molecule has 0 bridgehead atoms. The van der Waals surface area contributed by atoms with Gasteiger partial charge in [0, 0.05) is 5.69 Å². The molecule has 3 N–H and O–H groups in total. The third kappa shape index (κ3) is 3.97. The van der Waals surface area contributed by atoms with Crippen LogP contribution in [0.5, 0.6) is 5.75 Å². The first-order chi connectivity index (χ1) is 12.7. The van der Waals surface area contributed by atoms with Crippen LogP contribution < -0.4 is 5.32 Å². The predicted octanol–water partition coefficient (Wildman–Crippen LogP) is 2.42. The van der Waals surface area contributed by atoms with Crippen LogP contribution in [0.1, 0.15) is 46.0 Å². The van der Waals surface area contributed by atoms with Crippen molar-refractivity contribution in [3.63, 3.8) is 0 Å². The third-order valence-electron chi connectivity index (χ3n) is 4.25. The molecule has 27 heavy (non-hydrogen) atoms. The van der Waals surface area contributed by atoms with E-state index in [-0.39, 0.29) is 33.3 Å². The Hall–Kier alpha value is -2.81. The van der Waals surface area contributed by atoms with E-state index in [2.05, 4.69) is 10.3 Å². The van der Waals surface area contributed by atoms with Crippen molar-refractivity contribution < 1.29 is 27.9 Å². The Morgan fingerprint density at radius 1 is 1.26 bits per heavy atom. The molecule has 146 valence electrons. The summed E-state index contributed by atoms with van der Waals surface area (Å²) in [6.45, 7) is 4.93. The minimum atomic E-state index is -3.50. The van der Waals surface area contributed by atoms with Crippen LogP contribution in [0.25, 0.3) is 0 Å². The van der Waals surface area contributed by atoms with E-state index >= 15 is 0 Å². The molecule has 1 heterocycles. The second-order valence-electron chi connectivity index (χ2n) is 5.86. The molecule has 1 aromatic carbocycles. The van der Waals surface area contributed by atoms with Crippen molar-refractivity contribution in [3.05, 3.63) is 40.7 Å². The predicted molar refractivity (Wildman–Crippen MR) is 100 cm³/mol. The summed E-state index contributed by atoms with van der Waals surface area (Å²) in [5, 5.41) is 12.5. The molecule has 0 atom stereocenters. The lowest BCUT2D eigenvalue weighted by Gasteiger charge is -2.09. The molecule has 2 aromatic rings. The summed E-state index contributed by atoms with van der Waals surface area (Å²) in [5.74, 6) is -1.55. The average molecular weight is 394 g/mol. The number of rotatable bonds is 6. The number of aromatic amines is 1. The number of aromatic nitrogens is 1. The Labute approximate surface area is 157 Å². The van der Waals surface area contributed by atoms with Gasteiger partial charge in [0.15, 0.2) is 9.84 Å². The Morgan fingerprint density at radius 3 is 2.48 bits per heavy atom. The number of benzene rings is 1. The molecule has 0 radical (unpaired) electrons. The number of carbonyl (C=O) groups excluding carboxylic acids is 2. The maximum atomic E-state index is 12.7. The molecule has 8 nitrogen and oxygen atoms in total. The zero-order valence-corrected chi connectivity index (χ0v) is 16.4. The standard InChI is InChI=1S/C18H22N2O6S/c1-5-12-15(18(23)26-4)10(3)16(19-12)17(22)20-13-9-11(7-8-14(13)21)27(24,25)6-2/h7-9,19,21H,5-6H2,1-4H3,(H,20,22). The highest BCUT2D eigenvalue weighted by atomic mass is 32.2. The van der Waals surface area contributed by atoms with Crippen LogP contribution in [-0.4, -0.2) is 43.2 Å². The van der Waals surface area contributed by atoms with Crippen LogP contribution in [0.2, 0.25) is 0 Å². The van der Waals surface area contributed by atoms with Gasteiger partial charge in [-0.2, -0.15) is 0 Å². The van der Waals surface area contributed by atoms with Crippen LogP contribution in [0.4, 0.5) is 5.69 Å². The Balaban J connectivity index is 2.43. The summed E-state index contributed by atoms with van der Waals surface area (Å²) < 4.78 is 28.8. The minimum Gasteiger partial charge on any atom is -0.506 e. The molecular weight excluding hydrogens is 372 g/mol. The zero-order chi connectivity index (χ0) is 20.4. The number of aromatic hydroxyl groups is 1. The van der Waals surface area contributed by atoms with Crippen molar-refractivity contribution >= 4 is 27.4 Å². The van der Waals surface area contributed by atoms with Gasteiger partial charge in [0.2, 0.25) is 0 Å². The monoisotopic (exact) mass is 394 g/mol. The molecular formula is C18H22N2O6S. The molecule has 2 rings (SSSR count). The molecule has 1 aromatic heterocycles. The lowest BCUT2D eigenvalue weighted by Crippen LogP contribution is -2.15. The second-order valence-corrected chi connectivity index (χ2v) is 8.14. The van der Waals surface area contributed by atoms with Gasteiger partial charge in [-0.1, -0.05) is 13.8 Å². The van der Waals surface area contributed by atoms with Gasteiger partial charge in [-0.15, -0.1) is 0 Å². The van der Waals surface area contributed by atoms with E-state index in [9.17, 15) is 23.1 Å². The Morgan fingerprint density at radius 2 is 1.93 bits per heavy atom. The number of carbonyl (C=O) groups is 2. The molecule has 0 aliphatic heterocycles. The number of phenolic OH excluding ortho intramolecular Hbond substituents is 1. The number of hydrogen-bond donors (Lipinski definition) is 3. The number of H-pyrrole nitrogens is 1. The first-order valence-corrected chi connectivity index (χ1v) is 9.98. The molecule has 0 fully saturated rings. The van der Waals surface area contributed by atoms with Gasteiger partial charge in [0.1, 0.15) is 11.4 Å². The molecule has 0 aliphatic carbocycles. The van der Waals surface area contributed by atoms with E-state index in [0.717, 1.165) is 0 Å². The van der Waals surface area contributed by atoms with Crippen LogP contribution in [0, 0.1) is 6.92 Å². The average Bonchev–Trinajstić information content (AvgIpc) is 2.99. The van der Waals surface area contributed by atoms with Crippen LogP contribution >= 0.6 is 0 Å². The number of methoxy groups -OCH3 is 1. The van der Waals surface area contributed by atoms with E-state index in [0.29, 0.717) is 17.7 Å². The number of nitrogens with one attached hydrogen (secondary N) is 2. The highest BCUT2D eigenvalue weighted by Gasteiger charge is 2.24. The van der Waals surface area contributed by atoms with Crippen molar-refractivity contribution in [1.82, 2.24) is 4.98 Å². The number of anilines is 1. The molecule has 9 heteroatoms. The molecule has 0 spiro atoms. The largest absolute Gasteiger partial charge is 0.506 e.